The van der Waals surface area contributed by atoms with Gasteiger partial charge in [0.25, 0.3) is 5.91 Å². The molecular formula is C18H25N3O3. The maximum atomic E-state index is 12.5. The maximum absolute atomic E-state index is 12.5. The molecule has 0 spiro atoms. The number of aryl methyl sites for hydroxylation is 1. The van der Waals surface area contributed by atoms with Crippen LogP contribution in [-0.2, 0) is 18.4 Å². The second-order valence-corrected chi connectivity index (χ2v) is 6.24. The Morgan fingerprint density at radius 3 is 2.75 bits per heavy atom. The van der Waals surface area contributed by atoms with Crippen LogP contribution in [-0.4, -0.2) is 39.9 Å². The number of hydrogen-bond donors (Lipinski definition) is 1. The van der Waals surface area contributed by atoms with Crippen LogP contribution in [0, 0.1) is 0 Å². The normalized spacial score (nSPS) is 12.3. The van der Waals surface area contributed by atoms with Crippen molar-refractivity contribution in [3.63, 3.8) is 0 Å². The van der Waals surface area contributed by atoms with Gasteiger partial charge in [0.2, 0.25) is 0 Å². The summed E-state index contributed by atoms with van der Waals surface area (Å²) in [6.07, 6.45) is 0.695. The van der Waals surface area contributed by atoms with Crippen LogP contribution in [0.4, 0.5) is 0 Å². The van der Waals surface area contributed by atoms with Gasteiger partial charge in [-0.05, 0) is 23.6 Å². The van der Waals surface area contributed by atoms with Crippen LogP contribution >= 0.6 is 0 Å². The first-order valence-electron chi connectivity index (χ1n) is 7.93. The largest absolute Gasteiger partial charge is 0.497 e. The Morgan fingerprint density at radius 1 is 1.42 bits per heavy atom. The van der Waals surface area contributed by atoms with Gasteiger partial charge in [-0.15, -0.1) is 0 Å². The highest BCUT2D eigenvalue weighted by molar-refractivity contribution is 5.82. The third-order valence-corrected chi connectivity index (χ3v) is 3.91. The summed E-state index contributed by atoms with van der Waals surface area (Å²) in [5, 5.41) is 14.8. The average Bonchev–Trinajstić information content (AvgIpc) is 2.94. The Labute approximate surface area is 142 Å². The molecule has 0 aliphatic carbocycles. The molecule has 6 nitrogen and oxygen atoms in total. The van der Waals surface area contributed by atoms with E-state index in [2.05, 4.69) is 18.9 Å². The number of nitrogens with zero attached hydrogens (tertiary/aromatic N) is 3. The van der Waals surface area contributed by atoms with E-state index in [1.807, 2.05) is 13.2 Å². The van der Waals surface area contributed by atoms with Crippen molar-refractivity contribution >= 4 is 5.91 Å². The number of aromatic nitrogens is 2. The average molecular weight is 331 g/mol. The highest BCUT2D eigenvalue weighted by atomic mass is 16.5. The van der Waals surface area contributed by atoms with Crippen molar-refractivity contribution in [1.82, 2.24) is 14.7 Å². The van der Waals surface area contributed by atoms with Crippen molar-refractivity contribution in [3.8, 4) is 5.75 Å². The van der Waals surface area contributed by atoms with E-state index in [0.717, 1.165) is 11.3 Å². The zero-order chi connectivity index (χ0) is 17.9. The Balaban J connectivity index is 2.14. The fraction of sp³-hybridized carbons (Fsp3) is 0.444. The number of ether oxygens (including phenoxy) is 1. The number of aliphatic hydroxyl groups is 1. The Kier molecular flexibility index (Phi) is 5.62. The number of likely N-dealkylation sites (N-methyl/N-ethyl adjacent to an activating group) is 1. The van der Waals surface area contributed by atoms with Crippen LogP contribution in [0.3, 0.4) is 0 Å². The molecule has 0 saturated heterocycles. The number of rotatable bonds is 6. The van der Waals surface area contributed by atoms with Crippen molar-refractivity contribution in [2.75, 3.05) is 14.2 Å². The van der Waals surface area contributed by atoms with Crippen molar-refractivity contribution in [2.45, 2.75) is 32.4 Å². The van der Waals surface area contributed by atoms with Crippen molar-refractivity contribution in [3.05, 3.63) is 47.3 Å². The van der Waals surface area contributed by atoms with E-state index in [1.165, 1.54) is 4.90 Å². The number of hydrogen-bond acceptors (Lipinski definition) is 4. The van der Waals surface area contributed by atoms with Crippen molar-refractivity contribution in [2.24, 2.45) is 7.05 Å². The smallest absolute Gasteiger partial charge is 0.256 e. The molecule has 0 aliphatic heterocycles. The first-order valence-corrected chi connectivity index (χ1v) is 7.93. The highest BCUT2D eigenvalue weighted by Gasteiger charge is 2.23. The second kappa shape index (κ2) is 7.49. The second-order valence-electron chi connectivity index (χ2n) is 6.24. The Bertz CT molecular complexity index is 709. The zero-order valence-corrected chi connectivity index (χ0v) is 14.9. The molecule has 1 heterocycles. The first kappa shape index (κ1) is 18.0. The van der Waals surface area contributed by atoms with Gasteiger partial charge in [0.15, 0.2) is 6.10 Å². The quantitative estimate of drug-likeness (QED) is 0.881. The minimum absolute atomic E-state index is 0.271. The van der Waals surface area contributed by atoms with Crippen LogP contribution in [0.25, 0.3) is 0 Å². The topological polar surface area (TPSA) is 67.6 Å². The molecule has 24 heavy (non-hydrogen) atoms. The molecule has 0 fully saturated rings. The van der Waals surface area contributed by atoms with E-state index in [-0.39, 0.29) is 11.8 Å². The third-order valence-electron chi connectivity index (χ3n) is 3.91. The molecule has 2 rings (SSSR count). The minimum atomic E-state index is -1.22. The van der Waals surface area contributed by atoms with Gasteiger partial charge in [0, 0.05) is 32.4 Å². The van der Waals surface area contributed by atoms with Gasteiger partial charge in [-0.1, -0.05) is 26.0 Å². The molecule has 130 valence electrons. The molecule has 1 aromatic heterocycles. The molecular weight excluding hydrogens is 306 g/mol. The summed E-state index contributed by atoms with van der Waals surface area (Å²) in [7, 11) is 5.10. The fourth-order valence-electron chi connectivity index (χ4n) is 2.66. The van der Waals surface area contributed by atoms with Gasteiger partial charge in [0.1, 0.15) is 5.75 Å². The molecule has 0 radical (unpaired) electrons. The monoisotopic (exact) mass is 331 g/mol. The molecule has 1 aromatic carbocycles. The lowest BCUT2D eigenvalue weighted by atomic mass is 10.1. The van der Waals surface area contributed by atoms with E-state index in [9.17, 15) is 9.90 Å². The summed E-state index contributed by atoms with van der Waals surface area (Å²) in [6.45, 7) is 4.54. The molecule has 1 atom stereocenters. The maximum Gasteiger partial charge on any atom is 0.256 e. The SMILES string of the molecule is COc1cccc(C(O)C(=O)N(C)Cc2cn(C)nc2C(C)C)c1. The number of carbonyl (C=O) groups excluding carboxylic acids is 1. The van der Waals surface area contributed by atoms with E-state index in [0.29, 0.717) is 17.9 Å². The molecule has 1 amide bonds. The van der Waals surface area contributed by atoms with Crippen LogP contribution < -0.4 is 4.74 Å². The third kappa shape index (κ3) is 3.94. The molecule has 0 saturated carbocycles. The van der Waals surface area contributed by atoms with E-state index in [1.54, 1.807) is 43.1 Å². The molecule has 0 aliphatic rings. The number of aliphatic hydroxyl groups excluding tert-OH is 1. The summed E-state index contributed by atoms with van der Waals surface area (Å²) in [5.41, 5.74) is 2.47. The lowest BCUT2D eigenvalue weighted by Gasteiger charge is -2.21. The standard InChI is InChI=1S/C18H25N3O3/c1-12(2)16-14(11-21(4)19-16)10-20(3)18(23)17(22)13-7-6-8-15(9-13)24-5/h6-9,11-12,17,22H,10H2,1-5H3. The van der Waals surface area contributed by atoms with Gasteiger partial charge in [-0.3, -0.25) is 9.48 Å². The lowest BCUT2D eigenvalue weighted by molar-refractivity contribution is -0.139. The Morgan fingerprint density at radius 2 is 2.12 bits per heavy atom. The number of benzene rings is 1. The summed E-state index contributed by atoms with van der Waals surface area (Å²) in [4.78, 5) is 14.1. The Hall–Kier alpha value is -2.34. The molecule has 6 heteroatoms. The molecule has 1 unspecified atom stereocenters. The fourth-order valence-corrected chi connectivity index (χ4v) is 2.66. The molecule has 0 bridgehead atoms. The summed E-state index contributed by atoms with van der Waals surface area (Å²) in [6, 6.07) is 6.90. The van der Waals surface area contributed by atoms with E-state index >= 15 is 0 Å². The molecule has 2 aromatic rings. The number of carbonyl (C=O) groups is 1. The van der Waals surface area contributed by atoms with Crippen LogP contribution in [0.1, 0.15) is 42.7 Å². The zero-order valence-electron chi connectivity index (χ0n) is 14.9. The molecule has 1 N–H and O–H groups in total. The van der Waals surface area contributed by atoms with Crippen molar-refractivity contribution < 1.29 is 14.6 Å². The number of methoxy groups -OCH3 is 1. The van der Waals surface area contributed by atoms with Crippen LogP contribution in [0.2, 0.25) is 0 Å². The van der Waals surface area contributed by atoms with Gasteiger partial charge in [-0.25, -0.2) is 0 Å². The number of amides is 1. The summed E-state index contributed by atoms with van der Waals surface area (Å²) < 4.78 is 6.89. The summed E-state index contributed by atoms with van der Waals surface area (Å²) in [5.74, 6) is 0.520. The van der Waals surface area contributed by atoms with E-state index < -0.39 is 6.10 Å². The van der Waals surface area contributed by atoms with Crippen LogP contribution in [0.5, 0.6) is 5.75 Å². The van der Waals surface area contributed by atoms with Gasteiger partial charge >= 0.3 is 0 Å². The van der Waals surface area contributed by atoms with Gasteiger partial charge in [-0.2, -0.15) is 5.10 Å². The summed E-state index contributed by atoms with van der Waals surface area (Å²) >= 11 is 0. The highest BCUT2D eigenvalue weighted by Crippen LogP contribution is 2.23. The predicted molar refractivity (Wildman–Crippen MR) is 91.7 cm³/mol. The minimum Gasteiger partial charge on any atom is -0.497 e. The van der Waals surface area contributed by atoms with E-state index in [4.69, 9.17) is 4.74 Å². The predicted octanol–water partition coefficient (Wildman–Crippen LogP) is 2.24. The van der Waals surface area contributed by atoms with Gasteiger partial charge in [0.05, 0.1) is 12.8 Å². The van der Waals surface area contributed by atoms with Crippen LogP contribution in [0.15, 0.2) is 30.5 Å². The lowest BCUT2D eigenvalue weighted by Crippen LogP contribution is -2.31. The van der Waals surface area contributed by atoms with Gasteiger partial charge < -0.3 is 14.7 Å². The first-order chi connectivity index (χ1) is 11.3. The van der Waals surface area contributed by atoms with Crippen molar-refractivity contribution in [1.29, 1.82) is 0 Å².